The van der Waals surface area contributed by atoms with Crippen LogP contribution in [0.1, 0.15) is 45.4 Å². The zero-order valence-corrected chi connectivity index (χ0v) is 13.5. The maximum Gasteiger partial charge on any atom is 0.242 e. The average Bonchev–Trinajstić information content (AvgIpc) is 3.02. The number of hydrogen-bond acceptors (Lipinski definition) is 3. The van der Waals surface area contributed by atoms with Crippen molar-refractivity contribution < 1.29 is 9.59 Å². The Hall–Kier alpha value is -1.10. The lowest BCUT2D eigenvalue weighted by Gasteiger charge is -2.39. The van der Waals surface area contributed by atoms with Crippen molar-refractivity contribution in [2.45, 2.75) is 45.4 Å². The second-order valence-corrected chi connectivity index (χ2v) is 6.56. The Balaban J connectivity index is 1.96. The highest BCUT2D eigenvalue weighted by Crippen LogP contribution is 2.33. The summed E-state index contributed by atoms with van der Waals surface area (Å²) in [6.07, 6.45) is 6.07. The van der Waals surface area contributed by atoms with Gasteiger partial charge >= 0.3 is 0 Å². The number of nitrogens with one attached hydrogen (secondary N) is 1. The van der Waals surface area contributed by atoms with Gasteiger partial charge in [-0.2, -0.15) is 0 Å². The van der Waals surface area contributed by atoms with E-state index in [1.54, 1.807) is 11.9 Å². The number of carbonyl (C=O) groups excluding carboxylic acids is 2. The maximum absolute atomic E-state index is 12.9. The van der Waals surface area contributed by atoms with E-state index >= 15 is 0 Å². The molecule has 0 radical (unpaired) electrons. The predicted molar refractivity (Wildman–Crippen MR) is 82.9 cm³/mol. The largest absolute Gasteiger partial charge is 0.341 e. The third-order valence-corrected chi connectivity index (χ3v) is 4.83. The van der Waals surface area contributed by atoms with Crippen LogP contribution in [0.3, 0.4) is 0 Å². The quantitative estimate of drug-likeness (QED) is 0.830. The van der Waals surface area contributed by atoms with E-state index in [1.807, 2.05) is 4.90 Å². The van der Waals surface area contributed by atoms with Crippen molar-refractivity contribution in [1.29, 1.82) is 0 Å². The molecule has 1 N–H and O–H groups in total. The number of amides is 2. The normalized spacial score (nSPS) is 25.9. The molecule has 2 heterocycles. The van der Waals surface area contributed by atoms with E-state index in [0.29, 0.717) is 0 Å². The molecular weight excluding hydrogens is 266 g/mol. The van der Waals surface area contributed by atoms with Crippen LogP contribution in [0.25, 0.3) is 0 Å². The highest BCUT2D eigenvalue weighted by molar-refractivity contribution is 5.88. The number of piperidine rings is 1. The van der Waals surface area contributed by atoms with E-state index in [9.17, 15) is 9.59 Å². The van der Waals surface area contributed by atoms with Crippen LogP contribution in [0, 0.1) is 5.41 Å². The molecule has 1 unspecified atom stereocenters. The van der Waals surface area contributed by atoms with Crippen LogP contribution in [0.4, 0.5) is 0 Å². The van der Waals surface area contributed by atoms with Crippen molar-refractivity contribution in [3.63, 3.8) is 0 Å². The van der Waals surface area contributed by atoms with Crippen molar-refractivity contribution in [2.75, 3.05) is 39.8 Å². The molecule has 0 aromatic heterocycles. The SMILES string of the molecule is CCCC1(C(=O)N(C)CC(=O)N2CCCC2)CCCNC1. The van der Waals surface area contributed by atoms with Crippen molar-refractivity contribution in [1.82, 2.24) is 15.1 Å². The van der Waals surface area contributed by atoms with E-state index in [0.717, 1.165) is 64.7 Å². The number of likely N-dealkylation sites (N-methyl/N-ethyl adjacent to an activating group) is 1. The molecule has 2 rings (SSSR count). The van der Waals surface area contributed by atoms with E-state index in [2.05, 4.69) is 12.2 Å². The van der Waals surface area contributed by atoms with Crippen LogP contribution in [0.2, 0.25) is 0 Å². The monoisotopic (exact) mass is 295 g/mol. The number of carbonyl (C=O) groups is 2. The van der Waals surface area contributed by atoms with E-state index in [4.69, 9.17) is 0 Å². The second kappa shape index (κ2) is 7.25. The molecule has 5 nitrogen and oxygen atoms in total. The third kappa shape index (κ3) is 3.76. The van der Waals surface area contributed by atoms with Gasteiger partial charge in [-0.1, -0.05) is 13.3 Å². The molecule has 21 heavy (non-hydrogen) atoms. The Bertz CT molecular complexity index is 366. The summed E-state index contributed by atoms with van der Waals surface area (Å²) in [5.74, 6) is 0.239. The summed E-state index contributed by atoms with van der Waals surface area (Å²) in [5.41, 5.74) is -0.299. The lowest BCUT2D eigenvalue weighted by molar-refractivity contribution is -0.147. The molecular formula is C16H29N3O2. The molecule has 2 fully saturated rings. The summed E-state index contributed by atoms with van der Waals surface area (Å²) in [5, 5.41) is 3.36. The Morgan fingerprint density at radius 3 is 2.52 bits per heavy atom. The summed E-state index contributed by atoms with van der Waals surface area (Å²) in [6.45, 7) is 5.80. The van der Waals surface area contributed by atoms with Crippen LogP contribution < -0.4 is 5.32 Å². The predicted octanol–water partition coefficient (Wildman–Crippen LogP) is 1.24. The van der Waals surface area contributed by atoms with Crippen LogP contribution in [-0.4, -0.2) is 61.4 Å². The van der Waals surface area contributed by atoms with Gasteiger partial charge in [0.2, 0.25) is 11.8 Å². The third-order valence-electron chi connectivity index (χ3n) is 4.83. The van der Waals surface area contributed by atoms with Gasteiger partial charge < -0.3 is 15.1 Å². The molecule has 0 bridgehead atoms. The molecule has 0 saturated carbocycles. The Kier molecular flexibility index (Phi) is 5.62. The maximum atomic E-state index is 12.9. The standard InChI is InChI=1S/C16H29N3O2/c1-3-7-16(8-6-9-17-13-16)15(21)18(2)12-14(20)19-10-4-5-11-19/h17H,3-13H2,1-2H3. The van der Waals surface area contributed by atoms with Crippen molar-refractivity contribution in [3.05, 3.63) is 0 Å². The average molecular weight is 295 g/mol. The van der Waals surface area contributed by atoms with E-state index in [1.165, 1.54) is 0 Å². The van der Waals surface area contributed by atoms with Gasteiger partial charge in [-0.05, 0) is 38.6 Å². The zero-order chi connectivity index (χ0) is 15.3. The van der Waals surface area contributed by atoms with Crippen molar-refractivity contribution >= 4 is 11.8 Å². The number of likely N-dealkylation sites (tertiary alicyclic amines) is 1. The second-order valence-electron chi connectivity index (χ2n) is 6.56. The Morgan fingerprint density at radius 2 is 1.95 bits per heavy atom. The highest BCUT2D eigenvalue weighted by atomic mass is 16.2. The molecule has 2 aliphatic rings. The lowest BCUT2D eigenvalue weighted by Crippen LogP contribution is -2.52. The molecule has 2 amide bonds. The first-order valence-electron chi connectivity index (χ1n) is 8.33. The fourth-order valence-electron chi connectivity index (χ4n) is 3.70. The summed E-state index contributed by atoms with van der Waals surface area (Å²) >= 11 is 0. The zero-order valence-electron chi connectivity index (χ0n) is 13.5. The molecule has 2 saturated heterocycles. The summed E-state index contributed by atoms with van der Waals surface area (Å²) in [7, 11) is 1.78. The van der Waals surface area contributed by atoms with Gasteiger partial charge in [0.25, 0.3) is 0 Å². The van der Waals surface area contributed by atoms with Gasteiger partial charge in [-0.15, -0.1) is 0 Å². The molecule has 0 aliphatic carbocycles. The van der Waals surface area contributed by atoms with Crippen LogP contribution in [0.15, 0.2) is 0 Å². The van der Waals surface area contributed by atoms with Crippen molar-refractivity contribution in [2.24, 2.45) is 5.41 Å². The van der Waals surface area contributed by atoms with Gasteiger partial charge in [0, 0.05) is 26.7 Å². The topological polar surface area (TPSA) is 52.7 Å². The lowest BCUT2D eigenvalue weighted by atomic mass is 9.76. The summed E-state index contributed by atoms with van der Waals surface area (Å²) < 4.78 is 0. The smallest absolute Gasteiger partial charge is 0.242 e. The number of hydrogen-bond donors (Lipinski definition) is 1. The fraction of sp³-hybridized carbons (Fsp3) is 0.875. The molecule has 5 heteroatoms. The van der Waals surface area contributed by atoms with Crippen LogP contribution in [0.5, 0.6) is 0 Å². The molecule has 0 aromatic carbocycles. The minimum absolute atomic E-state index is 0.0961. The first-order chi connectivity index (χ1) is 10.1. The fourth-order valence-corrected chi connectivity index (χ4v) is 3.70. The van der Waals surface area contributed by atoms with Gasteiger partial charge in [0.15, 0.2) is 0 Å². The minimum Gasteiger partial charge on any atom is -0.341 e. The first-order valence-corrected chi connectivity index (χ1v) is 8.33. The summed E-state index contributed by atoms with van der Waals surface area (Å²) in [4.78, 5) is 28.6. The molecule has 0 spiro atoms. The van der Waals surface area contributed by atoms with Crippen LogP contribution in [-0.2, 0) is 9.59 Å². The first kappa shape index (κ1) is 16.3. The molecule has 120 valence electrons. The van der Waals surface area contributed by atoms with Gasteiger partial charge in [0.05, 0.1) is 12.0 Å². The van der Waals surface area contributed by atoms with Gasteiger partial charge in [0.1, 0.15) is 0 Å². The van der Waals surface area contributed by atoms with Crippen LogP contribution >= 0.6 is 0 Å². The Morgan fingerprint density at radius 1 is 1.24 bits per heavy atom. The van der Waals surface area contributed by atoms with Crippen molar-refractivity contribution in [3.8, 4) is 0 Å². The molecule has 2 aliphatic heterocycles. The number of nitrogens with zero attached hydrogens (tertiary/aromatic N) is 2. The number of rotatable bonds is 5. The van der Waals surface area contributed by atoms with Gasteiger partial charge in [-0.3, -0.25) is 9.59 Å². The Labute approximate surface area is 128 Å². The van der Waals surface area contributed by atoms with Gasteiger partial charge in [-0.25, -0.2) is 0 Å². The summed E-state index contributed by atoms with van der Waals surface area (Å²) in [6, 6.07) is 0. The molecule has 0 aromatic rings. The minimum atomic E-state index is -0.299. The molecule has 1 atom stereocenters. The highest BCUT2D eigenvalue weighted by Gasteiger charge is 2.40. The van der Waals surface area contributed by atoms with E-state index in [-0.39, 0.29) is 23.8 Å². The van der Waals surface area contributed by atoms with E-state index < -0.39 is 0 Å².